The highest BCUT2D eigenvalue weighted by Gasteiger charge is 2.29. The van der Waals surface area contributed by atoms with Crippen molar-refractivity contribution >= 4 is 0 Å². The van der Waals surface area contributed by atoms with Gasteiger partial charge in [-0.25, -0.2) is 0 Å². The van der Waals surface area contributed by atoms with Gasteiger partial charge in [-0.3, -0.25) is 4.90 Å². The summed E-state index contributed by atoms with van der Waals surface area (Å²) in [5, 5.41) is 0. The highest BCUT2D eigenvalue weighted by molar-refractivity contribution is 5.29. The summed E-state index contributed by atoms with van der Waals surface area (Å²) in [7, 11) is 0. The number of hydrogen-bond donors (Lipinski definition) is 1. The fourth-order valence-corrected chi connectivity index (χ4v) is 3.54. The Kier molecular flexibility index (Phi) is 4.16. The molecule has 2 aliphatic heterocycles. The number of nitrogens with zero attached hydrogens (tertiary/aromatic N) is 1. The van der Waals surface area contributed by atoms with Crippen molar-refractivity contribution in [1.29, 1.82) is 0 Å². The van der Waals surface area contributed by atoms with E-state index in [1.807, 2.05) is 0 Å². The molecule has 3 heteroatoms. The second-order valence-electron chi connectivity index (χ2n) is 5.74. The van der Waals surface area contributed by atoms with Crippen LogP contribution in [0.4, 0.5) is 0 Å². The summed E-state index contributed by atoms with van der Waals surface area (Å²) in [5.41, 5.74) is 9.07. The fourth-order valence-electron chi connectivity index (χ4n) is 3.54. The van der Waals surface area contributed by atoms with Crippen LogP contribution < -0.4 is 5.73 Å². The van der Waals surface area contributed by atoms with Crippen molar-refractivity contribution in [3.8, 4) is 0 Å². The van der Waals surface area contributed by atoms with Crippen molar-refractivity contribution in [3.63, 3.8) is 0 Å². The van der Waals surface area contributed by atoms with Crippen LogP contribution in [0.5, 0.6) is 0 Å². The normalized spacial score (nSPS) is 23.0. The van der Waals surface area contributed by atoms with E-state index in [1.54, 1.807) is 0 Å². The Labute approximate surface area is 115 Å². The average molecular weight is 260 g/mol. The van der Waals surface area contributed by atoms with Gasteiger partial charge in [-0.1, -0.05) is 24.3 Å². The molecule has 3 rings (SSSR count). The van der Waals surface area contributed by atoms with E-state index in [0.717, 1.165) is 39.3 Å². The summed E-state index contributed by atoms with van der Waals surface area (Å²) in [6, 6.07) is 9.34. The zero-order chi connectivity index (χ0) is 13.1. The lowest BCUT2D eigenvalue weighted by Crippen LogP contribution is -2.49. The maximum Gasteiger partial charge on any atom is 0.0469 e. The van der Waals surface area contributed by atoms with E-state index in [2.05, 4.69) is 29.2 Å². The molecule has 2 aliphatic rings. The van der Waals surface area contributed by atoms with Gasteiger partial charge in [0, 0.05) is 38.9 Å². The molecule has 1 aromatic rings. The van der Waals surface area contributed by atoms with Gasteiger partial charge in [-0.05, 0) is 36.3 Å². The smallest absolute Gasteiger partial charge is 0.0469 e. The molecule has 0 bridgehead atoms. The van der Waals surface area contributed by atoms with Gasteiger partial charge in [0.1, 0.15) is 0 Å². The third kappa shape index (κ3) is 2.83. The van der Waals surface area contributed by atoms with E-state index in [-0.39, 0.29) is 0 Å². The first kappa shape index (κ1) is 13.1. The number of benzene rings is 1. The lowest BCUT2D eigenvalue weighted by Gasteiger charge is -2.40. The molecule has 1 aromatic carbocycles. The molecule has 19 heavy (non-hydrogen) atoms. The highest BCUT2D eigenvalue weighted by atomic mass is 16.5. The quantitative estimate of drug-likeness (QED) is 0.900. The number of fused-ring (bicyclic) bond motifs is 1. The predicted octanol–water partition coefficient (Wildman–Crippen LogP) is 1.80. The predicted molar refractivity (Wildman–Crippen MR) is 76.9 cm³/mol. The van der Waals surface area contributed by atoms with Crippen molar-refractivity contribution < 1.29 is 4.74 Å². The first-order chi connectivity index (χ1) is 9.38. The lowest BCUT2D eigenvalue weighted by atomic mass is 9.88. The maximum atomic E-state index is 6.07. The number of nitrogens with two attached hydrogens (primary N) is 1. The van der Waals surface area contributed by atoms with Crippen LogP contribution in [-0.2, 0) is 17.7 Å². The Morgan fingerprint density at radius 2 is 1.95 bits per heavy atom. The number of hydrogen-bond acceptors (Lipinski definition) is 3. The van der Waals surface area contributed by atoms with Crippen LogP contribution in [0.25, 0.3) is 0 Å². The van der Waals surface area contributed by atoms with Crippen molar-refractivity contribution in [2.45, 2.75) is 31.8 Å². The van der Waals surface area contributed by atoms with Crippen molar-refractivity contribution in [2.75, 3.05) is 26.3 Å². The van der Waals surface area contributed by atoms with Crippen molar-refractivity contribution in [2.24, 2.45) is 11.7 Å². The Bertz CT molecular complexity index is 415. The first-order valence-electron chi connectivity index (χ1n) is 7.47. The van der Waals surface area contributed by atoms with Crippen LogP contribution in [0.3, 0.4) is 0 Å². The minimum Gasteiger partial charge on any atom is -0.381 e. The minimum atomic E-state index is 0.525. The molecular weight excluding hydrogens is 236 g/mol. The Morgan fingerprint density at radius 1 is 1.21 bits per heavy atom. The summed E-state index contributed by atoms with van der Waals surface area (Å²) in [6.07, 6.45) is 3.50. The molecule has 2 N–H and O–H groups in total. The first-order valence-corrected chi connectivity index (χ1v) is 7.47. The van der Waals surface area contributed by atoms with E-state index in [4.69, 9.17) is 10.5 Å². The van der Waals surface area contributed by atoms with E-state index in [0.29, 0.717) is 12.0 Å². The summed E-state index contributed by atoms with van der Waals surface area (Å²) in [5.74, 6) is 0.712. The summed E-state index contributed by atoms with van der Waals surface area (Å²) < 4.78 is 5.48. The Balaban J connectivity index is 1.71. The van der Waals surface area contributed by atoms with Crippen LogP contribution in [0.2, 0.25) is 0 Å². The zero-order valence-corrected chi connectivity index (χ0v) is 11.6. The van der Waals surface area contributed by atoms with Crippen LogP contribution in [0.1, 0.15) is 24.0 Å². The molecule has 1 saturated heterocycles. The second-order valence-corrected chi connectivity index (χ2v) is 5.74. The van der Waals surface area contributed by atoms with E-state index in [9.17, 15) is 0 Å². The molecule has 0 saturated carbocycles. The number of ether oxygens (including phenoxy) is 1. The van der Waals surface area contributed by atoms with Crippen LogP contribution in [0, 0.1) is 5.92 Å². The SMILES string of the molecule is NCC(C1CCOCC1)N1CCc2ccccc2C1. The summed E-state index contributed by atoms with van der Waals surface area (Å²) in [6.45, 7) is 4.80. The highest BCUT2D eigenvalue weighted by Crippen LogP contribution is 2.27. The molecule has 0 aromatic heterocycles. The van der Waals surface area contributed by atoms with E-state index in [1.165, 1.54) is 24.0 Å². The topological polar surface area (TPSA) is 38.5 Å². The molecule has 1 atom stereocenters. The Hall–Kier alpha value is -0.900. The molecule has 3 nitrogen and oxygen atoms in total. The number of rotatable bonds is 3. The van der Waals surface area contributed by atoms with Gasteiger partial charge in [0.2, 0.25) is 0 Å². The Morgan fingerprint density at radius 3 is 2.68 bits per heavy atom. The molecule has 104 valence electrons. The standard InChI is InChI=1S/C16H24N2O/c17-11-16(14-6-9-19-10-7-14)18-8-5-13-3-1-2-4-15(13)12-18/h1-4,14,16H,5-12,17H2. The monoisotopic (exact) mass is 260 g/mol. The fraction of sp³-hybridized carbons (Fsp3) is 0.625. The molecule has 0 spiro atoms. The van der Waals surface area contributed by atoms with Gasteiger partial charge in [0.15, 0.2) is 0 Å². The largest absolute Gasteiger partial charge is 0.381 e. The molecule has 0 amide bonds. The van der Waals surface area contributed by atoms with Gasteiger partial charge in [-0.15, -0.1) is 0 Å². The molecule has 0 aliphatic carbocycles. The van der Waals surface area contributed by atoms with Gasteiger partial charge < -0.3 is 10.5 Å². The second kappa shape index (κ2) is 6.04. The van der Waals surface area contributed by atoms with Crippen LogP contribution in [0.15, 0.2) is 24.3 Å². The molecule has 1 fully saturated rings. The third-order valence-electron chi connectivity index (χ3n) is 4.68. The zero-order valence-electron chi connectivity index (χ0n) is 11.6. The third-order valence-corrected chi connectivity index (χ3v) is 4.68. The summed E-state index contributed by atoms with van der Waals surface area (Å²) in [4.78, 5) is 2.60. The van der Waals surface area contributed by atoms with Gasteiger partial charge in [0.05, 0.1) is 0 Å². The van der Waals surface area contributed by atoms with Crippen LogP contribution >= 0.6 is 0 Å². The molecule has 0 radical (unpaired) electrons. The molecule has 2 heterocycles. The average Bonchev–Trinajstić information content (AvgIpc) is 2.49. The van der Waals surface area contributed by atoms with Gasteiger partial charge >= 0.3 is 0 Å². The molecular formula is C16H24N2O. The van der Waals surface area contributed by atoms with Gasteiger partial charge in [0.25, 0.3) is 0 Å². The van der Waals surface area contributed by atoms with Crippen molar-refractivity contribution in [1.82, 2.24) is 4.90 Å². The van der Waals surface area contributed by atoms with E-state index >= 15 is 0 Å². The lowest BCUT2D eigenvalue weighted by molar-refractivity contribution is 0.0239. The minimum absolute atomic E-state index is 0.525. The maximum absolute atomic E-state index is 6.07. The van der Waals surface area contributed by atoms with Crippen LogP contribution in [-0.4, -0.2) is 37.2 Å². The molecule has 1 unspecified atom stereocenters. The van der Waals surface area contributed by atoms with Crippen molar-refractivity contribution in [3.05, 3.63) is 35.4 Å². The van der Waals surface area contributed by atoms with E-state index < -0.39 is 0 Å². The summed E-state index contributed by atoms with van der Waals surface area (Å²) >= 11 is 0. The van der Waals surface area contributed by atoms with Gasteiger partial charge in [-0.2, -0.15) is 0 Å².